The molecule has 0 aliphatic carbocycles. The molecule has 1 aromatic heterocycles. The standard InChI is InChI=1S/C19H24N2O2/c1-3-17-13-21(12-15(2)23-17)19-10-9-18(11-20-19)22-14-16-7-5-4-6-8-16/h4-11,15,17H,3,12-14H2,1-2H3. The van der Waals surface area contributed by atoms with E-state index in [0.717, 1.165) is 36.6 Å². The lowest BCUT2D eigenvalue weighted by molar-refractivity contribution is -0.0174. The Balaban J connectivity index is 1.60. The van der Waals surface area contributed by atoms with E-state index in [1.807, 2.05) is 30.3 Å². The highest BCUT2D eigenvalue weighted by Crippen LogP contribution is 2.22. The largest absolute Gasteiger partial charge is 0.487 e. The molecule has 3 rings (SSSR count). The predicted molar refractivity (Wildman–Crippen MR) is 91.9 cm³/mol. The number of pyridine rings is 1. The van der Waals surface area contributed by atoms with Crippen LogP contribution < -0.4 is 9.64 Å². The molecule has 0 saturated carbocycles. The monoisotopic (exact) mass is 312 g/mol. The third kappa shape index (κ3) is 4.23. The first-order valence-electron chi connectivity index (χ1n) is 8.27. The van der Waals surface area contributed by atoms with Crippen molar-refractivity contribution in [2.75, 3.05) is 18.0 Å². The molecule has 1 aliphatic rings. The Morgan fingerprint density at radius 2 is 2.00 bits per heavy atom. The Hall–Kier alpha value is -2.07. The van der Waals surface area contributed by atoms with Gasteiger partial charge >= 0.3 is 0 Å². The van der Waals surface area contributed by atoms with Crippen molar-refractivity contribution in [3.05, 3.63) is 54.2 Å². The Bertz CT molecular complexity index is 601. The fourth-order valence-corrected chi connectivity index (χ4v) is 2.84. The number of hydrogen-bond donors (Lipinski definition) is 0. The zero-order valence-electron chi connectivity index (χ0n) is 13.8. The molecule has 122 valence electrons. The minimum Gasteiger partial charge on any atom is -0.487 e. The zero-order chi connectivity index (χ0) is 16.1. The highest BCUT2D eigenvalue weighted by molar-refractivity contribution is 5.41. The maximum atomic E-state index is 5.90. The summed E-state index contributed by atoms with van der Waals surface area (Å²) in [5.41, 5.74) is 1.16. The van der Waals surface area contributed by atoms with Gasteiger partial charge in [-0.3, -0.25) is 0 Å². The number of aromatic nitrogens is 1. The van der Waals surface area contributed by atoms with Crippen molar-refractivity contribution in [3.8, 4) is 5.75 Å². The first kappa shape index (κ1) is 15.8. The molecule has 1 saturated heterocycles. The lowest BCUT2D eigenvalue weighted by atomic mass is 10.2. The van der Waals surface area contributed by atoms with Crippen molar-refractivity contribution in [1.82, 2.24) is 4.98 Å². The second-order valence-corrected chi connectivity index (χ2v) is 6.01. The number of nitrogens with zero attached hydrogens (tertiary/aromatic N) is 2. The van der Waals surface area contributed by atoms with E-state index >= 15 is 0 Å². The molecule has 23 heavy (non-hydrogen) atoms. The summed E-state index contributed by atoms with van der Waals surface area (Å²) < 4.78 is 11.7. The number of hydrogen-bond acceptors (Lipinski definition) is 4. The topological polar surface area (TPSA) is 34.6 Å². The van der Waals surface area contributed by atoms with Gasteiger partial charge in [0, 0.05) is 13.1 Å². The van der Waals surface area contributed by atoms with Crippen LogP contribution in [-0.2, 0) is 11.3 Å². The third-order valence-corrected chi connectivity index (χ3v) is 4.07. The van der Waals surface area contributed by atoms with Crippen LogP contribution in [0.2, 0.25) is 0 Å². The molecule has 0 bridgehead atoms. The van der Waals surface area contributed by atoms with Gasteiger partial charge < -0.3 is 14.4 Å². The highest BCUT2D eigenvalue weighted by Gasteiger charge is 2.24. The van der Waals surface area contributed by atoms with Crippen molar-refractivity contribution in [2.45, 2.75) is 39.1 Å². The van der Waals surface area contributed by atoms with Crippen LogP contribution in [0.25, 0.3) is 0 Å². The summed E-state index contributed by atoms with van der Waals surface area (Å²) in [5.74, 6) is 1.79. The van der Waals surface area contributed by atoms with Crippen LogP contribution in [0.3, 0.4) is 0 Å². The number of benzene rings is 1. The van der Waals surface area contributed by atoms with Gasteiger partial charge in [-0.25, -0.2) is 4.98 Å². The molecule has 1 fully saturated rings. The summed E-state index contributed by atoms with van der Waals surface area (Å²) in [6.07, 6.45) is 3.36. The van der Waals surface area contributed by atoms with E-state index in [-0.39, 0.29) is 12.2 Å². The first-order chi connectivity index (χ1) is 11.2. The van der Waals surface area contributed by atoms with Crippen molar-refractivity contribution in [2.24, 2.45) is 0 Å². The van der Waals surface area contributed by atoms with Gasteiger partial charge in [0.25, 0.3) is 0 Å². The quantitative estimate of drug-likeness (QED) is 0.844. The van der Waals surface area contributed by atoms with Crippen LogP contribution >= 0.6 is 0 Å². The van der Waals surface area contributed by atoms with Gasteiger partial charge in [0.2, 0.25) is 0 Å². The van der Waals surface area contributed by atoms with Gasteiger partial charge in [-0.2, -0.15) is 0 Å². The second kappa shape index (κ2) is 7.47. The van der Waals surface area contributed by atoms with Crippen molar-refractivity contribution in [3.63, 3.8) is 0 Å². The molecule has 2 heterocycles. The molecule has 2 atom stereocenters. The Kier molecular flexibility index (Phi) is 5.13. The van der Waals surface area contributed by atoms with Crippen LogP contribution in [0.15, 0.2) is 48.7 Å². The van der Waals surface area contributed by atoms with Gasteiger partial charge in [0.15, 0.2) is 0 Å². The maximum absolute atomic E-state index is 5.90. The van der Waals surface area contributed by atoms with Gasteiger partial charge in [-0.15, -0.1) is 0 Å². The van der Waals surface area contributed by atoms with E-state index in [1.165, 1.54) is 0 Å². The summed E-state index contributed by atoms with van der Waals surface area (Å²) in [7, 11) is 0. The molecule has 2 aromatic rings. The summed E-state index contributed by atoms with van der Waals surface area (Å²) in [4.78, 5) is 6.86. The number of anilines is 1. The molecule has 4 heteroatoms. The van der Waals surface area contributed by atoms with Gasteiger partial charge in [0.1, 0.15) is 18.2 Å². The lowest BCUT2D eigenvalue weighted by Gasteiger charge is -2.37. The number of morpholine rings is 1. The maximum Gasteiger partial charge on any atom is 0.138 e. The average molecular weight is 312 g/mol. The van der Waals surface area contributed by atoms with E-state index in [0.29, 0.717) is 6.61 Å². The molecular weight excluding hydrogens is 288 g/mol. The van der Waals surface area contributed by atoms with Gasteiger partial charge in [0.05, 0.1) is 18.4 Å². The fraction of sp³-hybridized carbons (Fsp3) is 0.421. The summed E-state index contributed by atoms with van der Waals surface area (Å²) >= 11 is 0. The fourth-order valence-electron chi connectivity index (χ4n) is 2.84. The molecule has 0 radical (unpaired) electrons. The SMILES string of the molecule is CCC1CN(c2ccc(OCc3ccccc3)cn2)CC(C)O1. The normalized spacial score (nSPS) is 21.2. The minimum atomic E-state index is 0.240. The Morgan fingerprint density at radius 1 is 1.17 bits per heavy atom. The molecule has 0 amide bonds. The molecule has 1 aliphatic heterocycles. The van der Waals surface area contributed by atoms with Crippen LogP contribution in [0.5, 0.6) is 5.75 Å². The Labute approximate surface area is 138 Å². The van der Waals surface area contributed by atoms with Crippen LogP contribution in [0.1, 0.15) is 25.8 Å². The van der Waals surface area contributed by atoms with E-state index in [4.69, 9.17) is 9.47 Å². The third-order valence-electron chi connectivity index (χ3n) is 4.07. The Morgan fingerprint density at radius 3 is 2.70 bits per heavy atom. The van der Waals surface area contributed by atoms with E-state index in [1.54, 1.807) is 6.20 Å². The van der Waals surface area contributed by atoms with Crippen LogP contribution in [0.4, 0.5) is 5.82 Å². The highest BCUT2D eigenvalue weighted by atomic mass is 16.5. The number of ether oxygens (including phenoxy) is 2. The summed E-state index contributed by atoms with van der Waals surface area (Å²) in [5, 5.41) is 0. The minimum absolute atomic E-state index is 0.240. The van der Waals surface area contributed by atoms with Crippen molar-refractivity contribution < 1.29 is 9.47 Å². The number of rotatable bonds is 5. The first-order valence-corrected chi connectivity index (χ1v) is 8.27. The zero-order valence-corrected chi connectivity index (χ0v) is 13.8. The van der Waals surface area contributed by atoms with Crippen molar-refractivity contribution >= 4 is 5.82 Å². The second-order valence-electron chi connectivity index (χ2n) is 6.01. The van der Waals surface area contributed by atoms with Gasteiger partial charge in [-0.1, -0.05) is 37.3 Å². The van der Waals surface area contributed by atoms with E-state index < -0.39 is 0 Å². The van der Waals surface area contributed by atoms with Crippen LogP contribution in [-0.4, -0.2) is 30.3 Å². The lowest BCUT2D eigenvalue weighted by Crippen LogP contribution is -2.46. The smallest absolute Gasteiger partial charge is 0.138 e. The summed E-state index contributed by atoms with van der Waals surface area (Å²) in [6.45, 7) is 6.63. The molecule has 4 nitrogen and oxygen atoms in total. The molecule has 0 N–H and O–H groups in total. The summed E-state index contributed by atoms with van der Waals surface area (Å²) in [6, 6.07) is 14.2. The molecule has 1 aromatic carbocycles. The van der Waals surface area contributed by atoms with Crippen LogP contribution in [0, 0.1) is 0 Å². The van der Waals surface area contributed by atoms with Gasteiger partial charge in [-0.05, 0) is 31.0 Å². The van der Waals surface area contributed by atoms with E-state index in [2.05, 4.69) is 35.9 Å². The molecule has 0 spiro atoms. The molecule has 2 unspecified atom stereocenters. The van der Waals surface area contributed by atoms with E-state index in [9.17, 15) is 0 Å². The average Bonchev–Trinajstić information content (AvgIpc) is 2.60. The predicted octanol–water partition coefficient (Wildman–Crippen LogP) is 3.66. The van der Waals surface area contributed by atoms with Crippen molar-refractivity contribution in [1.29, 1.82) is 0 Å². The molecular formula is C19H24N2O2.